The zero-order valence-electron chi connectivity index (χ0n) is 37.5. The predicted octanol–water partition coefficient (Wildman–Crippen LogP) is 13.8. The molecule has 0 spiro atoms. The van der Waals surface area contributed by atoms with Crippen molar-refractivity contribution in [1.82, 2.24) is 5.32 Å². The minimum Gasteiger partial charge on any atom is -0.462 e. The van der Waals surface area contributed by atoms with Crippen molar-refractivity contribution in [3.63, 3.8) is 0 Å². The maximum atomic E-state index is 12.6. The van der Waals surface area contributed by atoms with Gasteiger partial charge in [0, 0.05) is 19.4 Å². The number of hydrogen-bond donors (Lipinski definition) is 2. The molecule has 0 saturated carbocycles. The second kappa shape index (κ2) is 44.5. The molecule has 2 unspecified atom stereocenters. The fraction of sp³-hybridized carbons (Fsp3) is 0.792. The van der Waals surface area contributed by atoms with Gasteiger partial charge in [-0.15, -0.1) is 0 Å². The minimum atomic E-state index is -4.36. The maximum absolute atomic E-state index is 12.6. The lowest BCUT2D eigenvalue weighted by Crippen LogP contribution is -2.29. The molecule has 10 heteroatoms. The molecule has 58 heavy (non-hydrogen) atoms. The first-order chi connectivity index (χ1) is 28.3. The van der Waals surface area contributed by atoms with E-state index in [1.54, 1.807) is 7.05 Å². The summed E-state index contributed by atoms with van der Waals surface area (Å²) in [5.74, 6) is -0.825. The molecule has 0 amide bonds. The van der Waals surface area contributed by atoms with Crippen molar-refractivity contribution < 1.29 is 37.6 Å². The van der Waals surface area contributed by atoms with Gasteiger partial charge in [0.15, 0.2) is 6.10 Å². The number of likely N-dealkylation sites (N-methyl/N-ethyl adjacent to an activating group) is 1. The first kappa shape index (κ1) is 56.0. The Balaban J connectivity index is 4.15. The number of carbonyl (C=O) groups excluding carboxylic acids is 2. The number of carbonyl (C=O) groups is 2. The van der Waals surface area contributed by atoms with E-state index < -0.39 is 26.5 Å². The zero-order valence-corrected chi connectivity index (χ0v) is 38.4. The summed E-state index contributed by atoms with van der Waals surface area (Å²) in [5, 5.41) is 2.82. The van der Waals surface area contributed by atoms with E-state index in [0.29, 0.717) is 13.0 Å². The van der Waals surface area contributed by atoms with Gasteiger partial charge in [0.05, 0.1) is 13.2 Å². The van der Waals surface area contributed by atoms with Gasteiger partial charge >= 0.3 is 19.8 Å². The number of ether oxygens (including phenoxy) is 2. The summed E-state index contributed by atoms with van der Waals surface area (Å²) in [6, 6.07) is 0. The molecule has 0 rings (SSSR count). The first-order valence-electron chi connectivity index (χ1n) is 23.6. The third-order valence-electron chi connectivity index (χ3n) is 9.93. The second-order valence-corrected chi connectivity index (χ2v) is 17.0. The van der Waals surface area contributed by atoms with Crippen molar-refractivity contribution in [2.75, 3.05) is 33.4 Å². The number of allylic oxidation sites excluding steroid dienone is 8. The van der Waals surface area contributed by atoms with Crippen molar-refractivity contribution in [3.8, 4) is 0 Å². The molecule has 0 heterocycles. The summed E-state index contributed by atoms with van der Waals surface area (Å²) in [4.78, 5) is 35.1. The Morgan fingerprint density at radius 3 is 1.48 bits per heavy atom. The highest BCUT2D eigenvalue weighted by molar-refractivity contribution is 7.47. The summed E-state index contributed by atoms with van der Waals surface area (Å²) in [6.07, 6.45) is 50.2. The van der Waals surface area contributed by atoms with Crippen LogP contribution in [0, 0.1) is 0 Å². The molecule has 0 fully saturated rings. The van der Waals surface area contributed by atoms with E-state index in [9.17, 15) is 19.0 Å². The smallest absolute Gasteiger partial charge is 0.462 e. The number of rotatable bonds is 44. The molecular formula is C48H88NO8P. The van der Waals surface area contributed by atoms with Gasteiger partial charge in [-0.25, -0.2) is 4.57 Å². The van der Waals surface area contributed by atoms with Crippen LogP contribution in [0.3, 0.4) is 0 Å². The van der Waals surface area contributed by atoms with E-state index in [4.69, 9.17) is 18.5 Å². The van der Waals surface area contributed by atoms with E-state index >= 15 is 0 Å². The number of nitrogens with one attached hydrogen (secondary N) is 1. The van der Waals surface area contributed by atoms with Gasteiger partial charge < -0.3 is 19.7 Å². The van der Waals surface area contributed by atoms with Gasteiger partial charge in [0.25, 0.3) is 0 Å². The lowest BCUT2D eigenvalue weighted by atomic mass is 10.0. The Labute approximate surface area is 356 Å². The lowest BCUT2D eigenvalue weighted by molar-refractivity contribution is -0.161. The van der Waals surface area contributed by atoms with E-state index in [2.05, 4.69) is 67.8 Å². The molecule has 0 aliphatic rings. The summed E-state index contributed by atoms with van der Waals surface area (Å²) < 4.78 is 33.2. The average Bonchev–Trinajstić information content (AvgIpc) is 3.21. The van der Waals surface area contributed by atoms with Gasteiger partial charge in [-0.2, -0.15) is 0 Å². The topological polar surface area (TPSA) is 120 Å². The SMILES string of the molecule is CC/C=C\C/C=C\C/C=C\CCCCCCCC(=O)OC(COC(=O)CCCCCCCCCCCCC/C=C\CCCCCCCC)COP(=O)(O)OCCNC. The Morgan fingerprint density at radius 2 is 0.983 bits per heavy atom. The molecule has 0 aromatic rings. The predicted molar refractivity (Wildman–Crippen MR) is 243 cm³/mol. The standard InChI is InChI=1S/C48H88NO8P/c1-4-6-8-10-12-14-16-18-20-21-22-23-24-25-27-28-30-32-34-36-38-40-47(50)54-44-46(45-56-58(52,53)55-43-42-49-3)57-48(51)41-39-37-35-33-31-29-26-19-17-15-13-11-9-7-5-2/h7,9,13,15,18-20,26,46,49H,4-6,8,10-12,14,16-17,21-25,27-45H2,1-3H3,(H,52,53)/b9-7-,15-13-,20-18-,26-19-. The number of hydrogen-bond acceptors (Lipinski definition) is 8. The van der Waals surface area contributed by atoms with Gasteiger partial charge in [-0.3, -0.25) is 18.6 Å². The van der Waals surface area contributed by atoms with Crippen LogP contribution < -0.4 is 5.32 Å². The molecule has 0 aliphatic carbocycles. The van der Waals surface area contributed by atoms with Crippen LogP contribution in [-0.4, -0.2) is 56.3 Å². The van der Waals surface area contributed by atoms with Crippen LogP contribution in [0.5, 0.6) is 0 Å². The van der Waals surface area contributed by atoms with E-state index in [1.807, 2.05) is 0 Å². The fourth-order valence-corrected chi connectivity index (χ4v) is 7.14. The summed E-state index contributed by atoms with van der Waals surface area (Å²) >= 11 is 0. The molecule has 0 aromatic carbocycles. The first-order valence-corrected chi connectivity index (χ1v) is 25.1. The third kappa shape index (κ3) is 43.5. The maximum Gasteiger partial charge on any atom is 0.472 e. The molecular weight excluding hydrogens is 750 g/mol. The Morgan fingerprint density at radius 1 is 0.552 bits per heavy atom. The Bertz CT molecular complexity index is 1090. The summed E-state index contributed by atoms with van der Waals surface area (Å²) in [5.41, 5.74) is 0. The summed E-state index contributed by atoms with van der Waals surface area (Å²) in [7, 11) is -2.66. The lowest BCUT2D eigenvalue weighted by Gasteiger charge is -2.20. The molecule has 0 radical (unpaired) electrons. The number of unbranched alkanes of at least 4 members (excludes halogenated alkanes) is 22. The second-order valence-electron chi connectivity index (χ2n) is 15.6. The van der Waals surface area contributed by atoms with Crippen LogP contribution in [0.1, 0.15) is 206 Å². The molecule has 338 valence electrons. The van der Waals surface area contributed by atoms with Gasteiger partial charge in [-0.05, 0) is 77.7 Å². The highest BCUT2D eigenvalue weighted by Gasteiger charge is 2.26. The summed E-state index contributed by atoms with van der Waals surface area (Å²) in [6.45, 7) is 4.10. The molecule has 2 N–H and O–H groups in total. The minimum absolute atomic E-state index is 0.0216. The highest BCUT2D eigenvalue weighted by Crippen LogP contribution is 2.43. The average molecular weight is 838 g/mol. The van der Waals surface area contributed by atoms with Crippen molar-refractivity contribution >= 4 is 19.8 Å². The zero-order chi connectivity index (χ0) is 42.5. The van der Waals surface area contributed by atoms with Gasteiger partial charge in [0.2, 0.25) is 0 Å². The van der Waals surface area contributed by atoms with Crippen molar-refractivity contribution in [3.05, 3.63) is 48.6 Å². The fourth-order valence-electron chi connectivity index (χ4n) is 6.39. The number of esters is 2. The van der Waals surface area contributed by atoms with Crippen LogP contribution in [0.4, 0.5) is 0 Å². The normalized spacial score (nSPS) is 13.7. The third-order valence-corrected chi connectivity index (χ3v) is 10.9. The van der Waals surface area contributed by atoms with Crippen LogP contribution in [0.25, 0.3) is 0 Å². The van der Waals surface area contributed by atoms with Gasteiger partial charge in [-0.1, -0.05) is 172 Å². The molecule has 0 aliphatic heterocycles. The quantitative estimate of drug-likeness (QED) is 0.0267. The molecule has 0 saturated heterocycles. The van der Waals surface area contributed by atoms with Crippen molar-refractivity contribution in [1.29, 1.82) is 0 Å². The largest absolute Gasteiger partial charge is 0.472 e. The van der Waals surface area contributed by atoms with E-state index in [-0.39, 0.29) is 32.0 Å². The Kier molecular flexibility index (Phi) is 43.0. The number of phosphoric acid groups is 1. The monoisotopic (exact) mass is 838 g/mol. The van der Waals surface area contributed by atoms with E-state index in [1.165, 1.54) is 103 Å². The van der Waals surface area contributed by atoms with Crippen molar-refractivity contribution in [2.45, 2.75) is 213 Å². The van der Waals surface area contributed by atoms with Gasteiger partial charge in [0.1, 0.15) is 6.61 Å². The van der Waals surface area contributed by atoms with E-state index in [0.717, 1.165) is 70.6 Å². The highest BCUT2D eigenvalue weighted by atomic mass is 31.2. The van der Waals surface area contributed by atoms with Crippen LogP contribution in [-0.2, 0) is 32.7 Å². The van der Waals surface area contributed by atoms with Crippen LogP contribution in [0.2, 0.25) is 0 Å². The van der Waals surface area contributed by atoms with Crippen LogP contribution >= 0.6 is 7.82 Å². The van der Waals surface area contributed by atoms with Crippen LogP contribution in [0.15, 0.2) is 48.6 Å². The Hall–Kier alpha value is -2.03. The van der Waals surface area contributed by atoms with Crippen molar-refractivity contribution in [2.24, 2.45) is 0 Å². The molecule has 0 aromatic heterocycles. The molecule has 9 nitrogen and oxygen atoms in total. The number of phosphoric ester groups is 1. The molecule has 2 atom stereocenters. The molecule has 0 bridgehead atoms.